The van der Waals surface area contributed by atoms with Gasteiger partial charge in [0.1, 0.15) is 0 Å². The average Bonchev–Trinajstić information content (AvgIpc) is 2.41. The van der Waals surface area contributed by atoms with Gasteiger partial charge in [0.15, 0.2) is 6.10 Å². The van der Waals surface area contributed by atoms with Crippen LogP contribution in [0.5, 0.6) is 0 Å². The highest BCUT2D eigenvalue weighted by molar-refractivity contribution is 14.1. The van der Waals surface area contributed by atoms with Gasteiger partial charge in [0.05, 0.1) is 19.2 Å². The first-order chi connectivity index (χ1) is 8.61. The van der Waals surface area contributed by atoms with Gasteiger partial charge in [0, 0.05) is 21.4 Å². The molecule has 5 nitrogen and oxygen atoms in total. The van der Waals surface area contributed by atoms with E-state index in [0.29, 0.717) is 30.9 Å². The van der Waals surface area contributed by atoms with Gasteiger partial charge in [-0.2, -0.15) is 5.26 Å². The fourth-order valence-electron chi connectivity index (χ4n) is 1.75. The quantitative estimate of drug-likeness (QED) is 0.606. The second-order valence-electron chi connectivity index (χ2n) is 3.98. The van der Waals surface area contributed by atoms with Gasteiger partial charge in [-0.25, -0.2) is 0 Å². The largest absolute Gasteiger partial charge is 0.398 e. The maximum atomic E-state index is 12.2. The molecule has 1 atom stereocenters. The Morgan fingerprint density at radius 1 is 1.61 bits per heavy atom. The van der Waals surface area contributed by atoms with Gasteiger partial charge in [-0.1, -0.05) is 0 Å². The number of hydrogen-bond donors (Lipinski definition) is 1. The van der Waals surface area contributed by atoms with Crippen LogP contribution in [0.3, 0.4) is 0 Å². The highest BCUT2D eigenvalue weighted by atomic mass is 127. The summed E-state index contributed by atoms with van der Waals surface area (Å²) in [7, 11) is 0. The van der Waals surface area contributed by atoms with E-state index in [2.05, 4.69) is 22.6 Å². The Hall–Kier alpha value is -1.33. The number of nitrogen functional groups attached to an aromatic ring is 1. The zero-order chi connectivity index (χ0) is 13.1. The molecule has 1 amide bonds. The molecule has 1 fully saturated rings. The van der Waals surface area contributed by atoms with E-state index in [4.69, 9.17) is 15.7 Å². The number of ether oxygens (including phenoxy) is 1. The molecule has 1 heterocycles. The number of hydrogen-bond acceptors (Lipinski definition) is 4. The smallest absolute Gasteiger partial charge is 0.254 e. The summed E-state index contributed by atoms with van der Waals surface area (Å²) in [5.74, 6) is -0.0866. The van der Waals surface area contributed by atoms with Crippen LogP contribution in [-0.2, 0) is 4.74 Å². The first kappa shape index (κ1) is 13.1. The maximum Gasteiger partial charge on any atom is 0.254 e. The molecule has 0 bridgehead atoms. The van der Waals surface area contributed by atoms with E-state index in [1.54, 1.807) is 23.1 Å². The van der Waals surface area contributed by atoms with Crippen LogP contribution < -0.4 is 5.73 Å². The molecule has 0 saturated carbocycles. The van der Waals surface area contributed by atoms with Crippen LogP contribution in [0.4, 0.5) is 5.69 Å². The molecule has 2 N–H and O–H groups in total. The number of nitrogens with zero attached hydrogens (tertiary/aromatic N) is 2. The average molecular weight is 357 g/mol. The molecule has 2 rings (SSSR count). The van der Waals surface area contributed by atoms with Crippen molar-refractivity contribution in [3.8, 4) is 6.07 Å². The van der Waals surface area contributed by atoms with Crippen LogP contribution >= 0.6 is 22.6 Å². The van der Waals surface area contributed by atoms with E-state index in [1.165, 1.54) is 0 Å². The minimum Gasteiger partial charge on any atom is -0.398 e. The van der Waals surface area contributed by atoms with Gasteiger partial charge in [0.2, 0.25) is 0 Å². The predicted molar refractivity (Wildman–Crippen MR) is 74.8 cm³/mol. The van der Waals surface area contributed by atoms with E-state index in [-0.39, 0.29) is 5.91 Å². The number of carbonyl (C=O) groups is 1. The third-order valence-corrected chi connectivity index (χ3v) is 3.68. The van der Waals surface area contributed by atoms with Crippen LogP contribution in [0, 0.1) is 14.9 Å². The Morgan fingerprint density at radius 3 is 3.06 bits per heavy atom. The van der Waals surface area contributed by atoms with Crippen molar-refractivity contribution in [2.75, 3.05) is 25.4 Å². The summed E-state index contributed by atoms with van der Waals surface area (Å²) >= 11 is 2.09. The Kier molecular flexibility index (Phi) is 4.04. The van der Waals surface area contributed by atoms with E-state index >= 15 is 0 Å². The van der Waals surface area contributed by atoms with Crippen molar-refractivity contribution in [2.24, 2.45) is 0 Å². The number of nitriles is 1. The maximum absolute atomic E-state index is 12.2. The number of nitrogens with two attached hydrogens (primary N) is 1. The molecule has 1 saturated heterocycles. The van der Waals surface area contributed by atoms with E-state index in [1.807, 2.05) is 6.07 Å². The minimum absolute atomic E-state index is 0.0866. The molecule has 1 aromatic carbocycles. The Bertz CT molecular complexity index is 513. The first-order valence-corrected chi connectivity index (χ1v) is 6.55. The van der Waals surface area contributed by atoms with Gasteiger partial charge in [-0.3, -0.25) is 4.79 Å². The lowest BCUT2D eigenvalue weighted by atomic mass is 10.1. The third-order valence-electron chi connectivity index (χ3n) is 2.75. The molecule has 6 heteroatoms. The van der Waals surface area contributed by atoms with Crippen LogP contribution in [0.25, 0.3) is 0 Å². The number of morpholine rings is 1. The number of amides is 1. The summed E-state index contributed by atoms with van der Waals surface area (Å²) in [6, 6.07) is 7.21. The number of halogens is 1. The minimum atomic E-state index is -0.532. The summed E-state index contributed by atoms with van der Waals surface area (Å²) in [4.78, 5) is 13.9. The van der Waals surface area contributed by atoms with Crippen LogP contribution in [0.2, 0.25) is 0 Å². The van der Waals surface area contributed by atoms with Gasteiger partial charge in [-0.05, 0) is 40.8 Å². The zero-order valence-electron chi connectivity index (χ0n) is 9.60. The molecular formula is C12H12IN3O2. The summed E-state index contributed by atoms with van der Waals surface area (Å²) in [5, 5.41) is 8.81. The molecule has 1 unspecified atom stereocenters. The molecule has 0 aromatic heterocycles. The van der Waals surface area contributed by atoms with E-state index < -0.39 is 6.10 Å². The van der Waals surface area contributed by atoms with Crippen molar-refractivity contribution in [1.29, 1.82) is 5.26 Å². The monoisotopic (exact) mass is 357 g/mol. The highest BCUT2D eigenvalue weighted by Crippen LogP contribution is 2.18. The lowest BCUT2D eigenvalue weighted by Gasteiger charge is -2.29. The number of anilines is 1. The Balaban J connectivity index is 2.15. The summed E-state index contributed by atoms with van der Waals surface area (Å²) in [5.41, 5.74) is 6.96. The third kappa shape index (κ3) is 2.73. The molecule has 1 aliphatic heterocycles. The normalized spacial score (nSPS) is 19.3. The molecule has 0 radical (unpaired) electrons. The van der Waals surface area contributed by atoms with Crippen molar-refractivity contribution in [2.45, 2.75) is 6.10 Å². The zero-order valence-corrected chi connectivity index (χ0v) is 11.8. The van der Waals surface area contributed by atoms with E-state index in [0.717, 1.165) is 3.57 Å². The molecule has 1 aromatic rings. The van der Waals surface area contributed by atoms with Crippen LogP contribution in [0.1, 0.15) is 10.4 Å². The van der Waals surface area contributed by atoms with Crippen molar-refractivity contribution in [1.82, 2.24) is 4.90 Å². The number of carbonyl (C=O) groups excluding carboxylic acids is 1. The molecule has 0 aliphatic carbocycles. The fourth-order valence-corrected chi connectivity index (χ4v) is 2.27. The van der Waals surface area contributed by atoms with Crippen molar-refractivity contribution < 1.29 is 9.53 Å². The van der Waals surface area contributed by atoms with Gasteiger partial charge in [0.25, 0.3) is 5.91 Å². The standard InChI is InChI=1S/C12H12IN3O2/c13-10-5-8(1-2-11(10)15)12(17)16-3-4-18-9(6-14)7-16/h1-2,5,9H,3-4,7,15H2. The fraction of sp³-hybridized carbons (Fsp3) is 0.333. The lowest BCUT2D eigenvalue weighted by Crippen LogP contribution is -2.45. The van der Waals surface area contributed by atoms with Crippen LogP contribution in [0.15, 0.2) is 18.2 Å². The predicted octanol–water partition coefficient (Wildman–Crippen LogP) is 1.24. The molecule has 0 spiro atoms. The molecule has 1 aliphatic rings. The molecular weight excluding hydrogens is 345 g/mol. The van der Waals surface area contributed by atoms with Gasteiger partial charge in [-0.15, -0.1) is 0 Å². The molecule has 94 valence electrons. The Morgan fingerprint density at radius 2 is 2.39 bits per heavy atom. The summed E-state index contributed by atoms with van der Waals surface area (Å²) in [6.07, 6.45) is -0.532. The topological polar surface area (TPSA) is 79.4 Å². The summed E-state index contributed by atoms with van der Waals surface area (Å²) in [6.45, 7) is 1.23. The van der Waals surface area contributed by atoms with Crippen LogP contribution in [-0.4, -0.2) is 36.6 Å². The number of rotatable bonds is 1. The highest BCUT2D eigenvalue weighted by Gasteiger charge is 2.24. The van der Waals surface area contributed by atoms with Gasteiger partial charge < -0.3 is 15.4 Å². The second-order valence-corrected chi connectivity index (χ2v) is 5.14. The van der Waals surface area contributed by atoms with Crippen molar-refractivity contribution in [3.05, 3.63) is 27.3 Å². The number of benzene rings is 1. The SMILES string of the molecule is N#CC1CN(C(=O)c2ccc(N)c(I)c2)CCO1. The summed E-state index contributed by atoms with van der Waals surface area (Å²) < 4.78 is 6.06. The van der Waals surface area contributed by atoms with Crippen molar-refractivity contribution in [3.63, 3.8) is 0 Å². The second kappa shape index (κ2) is 5.54. The molecule has 18 heavy (non-hydrogen) atoms. The lowest BCUT2D eigenvalue weighted by molar-refractivity contribution is 0.00346. The first-order valence-electron chi connectivity index (χ1n) is 5.47. The Labute approximate surface area is 119 Å². The van der Waals surface area contributed by atoms with Gasteiger partial charge >= 0.3 is 0 Å². The van der Waals surface area contributed by atoms with Crippen molar-refractivity contribution >= 4 is 34.2 Å². The van der Waals surface area contributed by atoms with E-state index in [9.17, 15) is 4.79 Å².